The second-order valence-corrected chi connectivity index (χ2v) is 5.30. The SMILES string of the molecule is Cl.O=C(ON1CCC(c2ccccc2)CC1)C1CC1. The van der Waals surface area contributed by atoms with Crippen LogP contribution in [-0.2, 0) is 9.63 Å². The summed E-state index contributed by atoms with van der Waals surface area (Å²) in [5, 5.41) is 1.85. The fourth-order valence-electron chi connectivity index (χ4n) is 2.53. The van der Waals surface area contributed by atoms with Gasteiger partial charge in [-0.2, -0.15) is 0 Å². The molecule has 19 heavy (non-hydrogen) atoms. The molecule has 1 saturated heterocycles. The molecule has 3 rings (SSSR count). The van der Waals surface area contributed by atoms with Crippen LogP contribution in [0.15, 0.2) is 30.3 Å². The summed E-state index contributed by atoms with van der Waals surface area (Å²) < 4.78 is 0. The Kier molecular flexibility index (Phi) is 4.83. The van der Waals surface area contributed by atoms with E-state index in [1.54, 1.807) is 0 Å². The Morgan fingerprint density at radius 1 is 1.05 bits per heavy atom. The Morgan fingerprint density at radius 2 is 1.68 bits per heavy atom. The van der Waals surface area contributed by atoms with Crippen LogP contribution in [0.1, 0.15) is 37.2 Å². The minimum Gasteiger partial charge on any atom is -0.368 e. The summed E-state index contributed by atoms with van der Waals surface area (Å²) in [6.45, 7) is 1.72. The predicted molar refractivity (Wildman–Crippen MR) is 76.1 cm³/mol. The Labute approximate surface area is 120 Å². The summed E-state index contributed by atoms with van der Waals surface area (Å²) in [4.78, 5) is 17.0. The largest absolute Gasteiger partial charge is 0.368 e. The van der Waals surface area contributed by atoms with Gasteiger partial charge in [-0.1, -0.05) is 30.3 Å². The molecule has 1 aliphatic carbocycles. The van der Waals surface area contributed by atoms with Gasteiger partial charge in [0.2, 0.25) is 0 Å². The molecular weight excluding hydrogens is 262 g/mol. The number of carbonyl (C=O) groups excluding carboxylic acids is 1. The maximum Gasteiger partial charge on any atom is 0.328 e. The number of benzene rings is 1. The monoisotopic (exact) mass is 281 g/mol. The molecule has 1 aliphatic heterocycles. The molecule has 0 atom stereocenters. The highest BCUT2D eigenvalue weighted by molar-refractivity contribution is 5.85. The Hall–Kier alpha value is -1.06. The Balaban J connectivity index is 0.00000133. The predicted octanol–water partition coefficient (Wildman–Crippen LogP) is 3.16. The number of hydroxylamine groups is 2. The molecule has 1 aromatic rings. The minimum absolute atomic E-state index is 0. The van der Waals surface area contributed by atoms with E-state index in [1.165, 1.54) is 5.56 Å². The second-order valence-electron chi connectivity index (χ2n) is 5.30. The van der Waals surface area contributed by atoms with Gasteiger partial charge in [-0.3, -0.25) is 4.79 Å². The van der Waals surface area contributed by atoms with Crippen molar-refractivity contribution in [1.29, 1.82) is 0 Å². The molecule has 0 N–H and O–H groups in total. The van der Waals surface area contributed by atoms with Gasteiger partial charge < -0.3 is 4.84 Å². The number of nitrogens with zero attached hydrogens (tertiary/aromatic N) is 1. The highest BCUT2D eigenvalue weighted by Crippen LogP contribution is 2.32. The van der Waals surface area contributed by atoms with Gasteiger partial charge in [0.05, 0.1) is 5.92 Å². The lowest BCUT2D eigenvalue weighted by Crippen LogP contribution is -2.35. The average molecular weight is 282 g/mol. The fraction of sp³-hybridized carbons (Fsp3) is 0.533. The number of hydrogen-bond donors (Lipinski definition) is 0. The zero-order valence-electron chi connectivity index (χ0n) is 11.0. The van der Waals surface area contributed by atoms with Gasteiger partial charge in [-0.15, -0.1) is 17.5 Å². The molecule has 104 valence electrons. The standard InChI is InChI=1S/C15H19NO2.ClH/c17-15(14-6-7-14)18-16-10-8-13(9-11-16)12-4-2-1-3-5-12;/h1-5,13-14H,6-11H2;1H. The third-order valence-electron chi connectivity index (χ3n) is 3.85. The van der Waals surface area contributed by atoms with Crippen molar-refractivity contribution in [1.82, 2.24) is 5.06 Å². The van der Waals surface area contributed by atoms with Crippen LogP contribution in [0.2, 0.25) is 0 Å². The molecule has 0 spiro atoms. The first-order valence-corrected chi connectivity index (χ1v) is 6.84. The molecule has 1 heterocycles. The molecule has 0 unspecified atom stereocenters. The third-order valence-corrected chi connectivity index (χ3v) is 3.85. The number of halogens is 1. The summed E-state index contributed by atoms with van der Waals surface area (Å²) >= 11 is 0. The van der Waals surface area contributed by atoms with Crippen LogP contribution >= 0.6 is 12.4 Å². The smallest absolute Gasteiger partial charge is 0.328 e. The third kappa shape index (κ3) is 3.71. The van der Waals surface area contributed by atoms with E-state index >= 15 is 0 Å². The molecule has 1 saturated carbocycles. The lowest BCUT2D eigenvalue weighted by molar-refractivity contribution is -0.196. The van der Waals surface area contributed by atoms with E-state index < -0.39 is 0 Å². The normalized spacial score (nSPS) is 20.6. The summed E-state index contributed by atoms with van der Waals surface area (Å²) in [6.07, 6.45) is 4.17. The van der Waals surface area contributed by atoms with Crippen molar-refractivity contribution < 1.29 is 9.63 Å². The van der Waals surface area contributed by atoms with Crippen LogP contribution < -0.4 is 0 Å². The lowest BCUT2D eigenvalue weighted by Gasteiger charge is -2.30. The molecule has 2 aliphatic rings. The van der Waals surface area contributed by atoms with Crippen molar-refractivity contribution in [3.05, 3.63) is 35.9 Å². The molecule has 2 fully saturated rings. The Bertz CT molecular complexity index is 411. The van der Waals surface area contributed by atoms with Crippen LogP contribution in [0.3, 0.4) is 0 Å². The maximum absolute atomic E-state index is 11.6. The molecule has 0 bridgehead atoms. The van der Waals surface area contributed by atoms with Crippen LogP contribution in [0, 0.1) is 5.92 Å². The first-order chi connectivity index (χ1) is 8.83. The summed E-state index contributed by atoms with van der Waals surface area (Å²) in [5.74, 6) is 0.784. The molecule has 0 radical (unpaired) electrons. The van der Waals surface area contributed by atoms with Gasteiger partial charge in [0.1, 0.15) is 0 Å². The van der Waals surface area contributed by atoms with Crippen LogP contribution in [0.4, 0.5) is 0 Å². The fourth-order valence-corrected chi connectivity index (χ4v) is 2.53. The number of hydrogen-bond acceptors (Lipinski definition) is 3. The first-order valence-electron chi connectivity index (χ1n) is 6.84. The van der Waals surface area contributed by atoms with Crippen molar-refractivity contribution in [2.75, 3.05) is 13.1 Å². The molecule has 0 amide bonds. The van der Waals surface area contributed by atoms with E-state index in [2.05, 4.69) is 30.3 Å². The topological polar surface area (TPSA) is 29.5 Å². The number of rotatable bonds is 3. The maximum atomic E-state index is 11.6. The van der Waals surface area contributed by atoms with Crippen LogP contribution in [0.25, 0.3) is 0 Å². The highest BCUT2D eigenvalue weighted by Gasteiger charge is 2.33. The van der Waals surface area contributed by atoms with Crippen molar-refractivity contribution in [2.45, 2.75) is 31.6 Å². The minimum atomic E-state index is -0.0202. The van der Waals surface area contributed by atoms with E-state index in [9.17, 15) is 4.79 Å². The lowest BCUT2D eigenvalue weighted by atomic mass is 9.90. The summed E-state index contributed by atoms with van der Waals surface area (Å²) in [6, 6.07) is 10.6. The first kappa shape index (κ1) is 14.4. The Morgan fingerprint density at radius 3 is 2.26 bits per heavy atom. The van der Waals surface area contributed by atoms with Crippen molar-refractivity contribution in [3.8, 4) is 0 Å². The number of carbonyl (C=O) groups is 1. The molecule has 3 nitrogen and oxygen atoms in total. The van der Waals surface area contributed by atoms with Crippen LogP contribution in [0.5, 0.6) is 0 Å². The summed E-state index contributed by atoms with van der Waals surface area (Å²) in [5.41, 5.74) is 1.41. The van der Waals surface area contributed by atoms with E-state index in [0.717, 1.165) is 38.8 Å². The summed E-state index contributed by atoms with van der Waals surface area (Å²) in [7, 11) is 0. The van der Waals surface area contributed by atoms with Crippen LogP contribution in [-0.4, -0.2) is 24.1 Å². The van der Waals surface area contributed by atoms with Crippen molar-refractivity contribution in [3.63, 3.8) is 0 Å². The van der Waals surface area contributed by atoms with E-state index in [-0.39, 0.29) is 24.3 Å². The molecular formula is C15H20ClNO2. The van der Waals surface area contributed by atoms with E-state index in [4.69, 9.17) is 4.84 Å². The highest BCUT2D eigenvalue weighted by atomic mass is 35.5. The quantitative estimate of drug-likeness (QED) is 0.852. The van der Waals surface area contributed by atoms with Crippen molar-refractivity contribution in [2.24, 2.45) is 5.92 Å². The number of piperidine rings is 1. The zero-order chi connectivity index (χ0) is 12.4. The van der Waals surface area contributed by atoms with E-state index in [1.807, 2.05) is 5.06 Å². The van der Waals surface area contributed by atoms with Gasteiger partial charge in [-0.05, 0) is 37.2 Å². The van der Waals surface area contributed by atoms with Crippen molar-refractivity contribution >= 4 is 18.4 Å². The van der Waals surface area contributed by atoms with Gasteiger partial charge in [0, 0.05) is 13.1 Å². The average Bonchev–Trinajstić information content (AvgIpc) is 3.25. The van der Waals surface area contributed by atoms with Gasteiger partial charge in [0.15, 0.2) is 0 Å². The zero-order valence-corrected chi connectivity index (χ0v) is 11.8. The molecule has 4 heteroatoms. The molecule has 1 aromatic carbocycles. The van der Waals surface area contributed by atoms with E-state index in [0.29, 0.717) is 5.92 Å². The van der Waals surface area contributed by atoms with Gasteiger partial charge in [0.25, 0.3) is 0 Å². The van der Waals surface area contributed by atoms with Gasteiger partial charge >= 0.3 is 5.97 Å². The second kappa shape index (κ2) is 6.40. The molecule has 0 aromatic heterocycles. The van der Waals surface area contributed by atoms with Gasteiger partial charge in [-0.25, -0.2) is 0 Å².